The van der Waals surface area contributed by atoms with Gasteiger partial charge in [-0.05, 0) is 22.6 Å². The molecule has 0 saturated heterocycles. The first-order valence-corrected chi connectivity index (χ1v) is 7.69. The van der Waals surface area contributed by atoms with Gasteiger partial charge in [-0.1, -0.05) is 41.0 Å². The molecule has 0 unspecified atom stereocenters. The fourth-order valence-electron chi connectivity index (χ4n) is 1.49. The molecule has 21 heavy (non-hydrogen) atoms. The summed E-state index contributed by atoms with van der Waals surface area (Å²) < 4.78 is 1.54. The molecule has 0 spiro atoms. The number of hydrogen-bond donors (Lipinski definition) is 2. The van der Waals surface area contributed by atoms with Gasteiger partial charge in [0.15, 0.2) is 0 Å². The highest BCUT2D eigenvalue weighted by molar-refractivity contribution is 7.99. The molecule has 0 aliphatic heterocycles. The quantitative estimate of drug-likeness (QED) is 0.772. The van der Waals surface area contributed by atoms with Crippen molar-refractivity contribution >= 4 is 46.6 Å². The van der Waals surface area contributed by atoms with Crippen molar-refractivity contribution in [2.24, 2.45) is 5.73 Å². The Morgan fingerprint density at radius 2 is 2.10 bits per heavy atom. The number of nitrogens with zero attached hydrogens (tertiary/aromatic N) is 4. The van der Waals surface area contributed by atoms with Crippen molar-refractivity contribution in [1.82, 2.24) is 20.2 Å². The normalized spacial score (nSPS) is 10.6. The highest BCUT2D eigenvalue weighted by atomic mass is 35.5. The topological polar surface area (TPSA) is 98.7 Å². The van der Waals surface area contributed by atoms with Crippen LogP contribution in [0.2, 0.25) is 10.0 Å². The van der Waals surface area contributed by atoms with Crippen molar-refractivity contribution in [2.75, 3.05) is 17.6 Å². The van der Waals surface area contributed by atoms with E-state index in [1.54, 1.807) is 22.9 Å². The zero-order chi connectivity index (χ0) is 15.2. The Morgan fingerprint density at radius 1 is 1.38 bits per heavy atom. The van der Waals surface area contributed by atoms with E-state index in [0.717, 1.165) is 0 Å². The summed E-state index contributed by atoms with van der Waals surface area (Å²) in [5.41, 5.74) is 5.84. The first-order chi connectivity index (χ1) is 10.1. The van der Waals surface area contributed by atoms with Crippen LogP contribution in [0.3, 0.4) is 0 Å². The number of nitrogens with two attached hydrogens (primary N) is 1. The minimum atomic E-state index is -0.253. The molecule has 7 nitrogen and oxygen atoms in total. The number of thioether (sulfide) groups is 1. The molecular weight excluding hydrogens is 335 g/mol. The third-order valence-electron chi connectivity index (χ3n) is 2.40. The highest BCUT2D eigenvalue weighted by Gasteiger charge is 2.12. The lowest BCUT2D eigenvalue weighted by atomic mass is 10.3. The summed E-state index contributed by atoms with van der Waals surface area (Å²) in [5.74, 6) is -0.121. The van der Waals surface area contributed by atoms with Gasteiger partial charge in [-0.15, -0.1) is 5.10 Å². The Morgan fingerprint density at radius 3 is 2.76 bits per heavy atom. The lowest BCUT2D eigenvalue weighted by Crippen LogP contribution is -2.16. The molecule has 0 radical (unpaired) electrons. The van der Waals surface area contributed by atoms with Crippen LogP contribution >= 0.6 is 35.0 Å². The number of amides is 1. The van der Waals surface area contributed by atoms with Gasteiger partial charge in [0.1, 0.15) is 0 Å². The second-order valence-electron chi connectivity index (χ2n) is 3.91. The Balaban J connectivity index is 1.95. The minimum Gasteiger partial charge on any atom is -0.329 e. The maximum Gasteiger partial charge on any atom is 0.234 e. The number of nitrogens with one attached hydrogen (secondary N) is 1. The second kappa shape index (κ2) is 7.60. The van der Waals surface area contributed by atoms with Crippen LogP contribution < -0.4 is 11.1 Å². The van der Waals surface area contributed by atoms with Crippen molar-refractivity contribution in [2.45, 2.75) is 11.7 Å². The average molecular weight is 347 g/mol. The van der Waals surface area contributed by atoms with Crippen molar-refractivity contribution < 1.29 is 4.79 Å². The van der Waals surface area contributed by atoms with E-state index in [4.69, 9.17) is 28.9 Å². The van der Waals surface area contributed by atoms with Gasteiger partial charge in [0.05, 0.1) is 28.0 Å². The van der Waals surface area contributed by atoms with Gasteiger partial charge in [0, 0.05) is 6.54 Å². The monoisotopic (exact) mass is 346 g/mol. The van der Waals surface area contributed by atoms with Gasteiger partial charge in [0.25, 0.3) is 0 Å². The standard InChI is InChI=1S/C11H12Cl2N6OS/c12-7-2-1-3-8(13)10(7)15-9(20)6-21-11-16-17-18-19(11)5-4-14/h1-3H,4-6,14H2,(H,15,20). The molecule has 3 N–H and O–H groups in total. The van der Waals surface area contributed by atoms with E-state index in [1.165, 1.54) is 11.8 Å². The van der Waals surface area contributed by atoms with Gasteiger partial charge in [0.2, 0.25) is 11.1 Å². The van der Waals surface area contributed by atoms with Gasteiger partial charge in [-0.2, -0.15) is 0 Å². The Kier molecular flexibility index (Phi) is 5.80. The number of para-hydroxylation sites is 1. The molecule has 0 aliphatic carbocycles. The van der Waals surface area contributed by atoms with Crippen LogP contribution in [-0.2, 0) is 11.3 Å². The molecule has 2 aromatic rings. The maximum absolute atomic E-state index is 11.9. The van der Waals surface area contributed by atoms with E-state index < -0.39 is 0 Å². The number of benzene rings is 1. The van der Waals surface area contributed by atoms with Crippen LogP contribution in [0.5, 0.6) is 0 Å². The van der Waals surface area contributed by atoms with Crippen LogP contribution in [-0.4, -0.2) is 38.4 Å². The Bertz CT molecular complexity index is 615. The fourth-order valence-corrected chi connectivity index (χ4v) is 2.68. The van der Waals surface area contributed by atoms with E-state index in [-0.39, 0.29) is 11.7 Å². The van der Waals surface area contributed by atoms with Crippen LogP contribution in [0.1, 0.15) is 0 Å². The largest absolute Gasteiger partial charge is 0.329 e. The van der Waals surface area contributed by atoms with E-state index >= 15 is 0 Å². The first kappa shape index (κ1) is 16.0. The summed E-state index contributed by atoms with van der Waals surface area (Å²) in [6.07, 6.45) is 0. The lowest BCUT2D eigenvalue weighted by Gasteiger charge is -2.08. The van der Waals surface area contributed by atoms with Gasteiger partial charge >= 0.3 is 0 Å². The smallest absolute Gasteiger partial charge is 0.234 e. The molecular formula is C11H12Cl2N6OS. The number of anilines is 1. The maximum atomic E-state index is 11.9. The molecule has 1 aromatic carbocycles. The molecule has 0 atom stereocenters. The molecule has 1 amide bonds. The SMILES string of the molecule is NCCn1nnnc1SCC(=O)Nc1c(Cl)cccc1Cl. The first-order valence-electron chi connectivity index (χ1n) is 5.94. The number of tetrazole rings is 1. The van der Waals surface area contributed by atoms with Crippen LogP contribution in [0.25, 0.3) is 0 Å². The molecule has 2 rings (SSSR count). The summed E-state index contributed by atoms with van der Waals surface area (Å²) in [7, 11) is 0. The molecule has 0 fully saturated rings. The molecule has 0 aliphatic rings. The van der Waals surface area contributed by atoms with Gasteiger partial charge in [-0.25, -0.2) is 4.68 Å². The van der Waals surface area contributed by atoms with Gasteiger partial charge < -0.3 is 11.1 Å². The Labute approximate surface area is 135 Å². The molecule has 0 bridgehead atoms. The molecule has 1 heterocycles. The summed E-state index contributed by atoms with van der Waals surface area (Å²) in [5, 5.41) is 15.1. The van der Waals surface area contributed by atoms with Crippen molar-refractivity contribution in [3.05, 3.63) is 28.2 Å². The van der Waals surface area contributed by atoms with Crippen LogP contribution in [0.4, 0.5) is 5.69 Å². The summed E-state index contributed by atoms with van der Waals surface area (Å²) in [6, 6.07) is 5.01. The zero-order valence-electron chi connectivity index (χ0n) is 10.8. The van der Waals surface area contributed by atoms with E-state index in [9.17, 15) is 4.79 Å². The van der Waals surface area contributed by atoms with Crippen molar-refractivity contribution in [3.63, 3.8) is 0 Å². The minimum absolute atomic E-state index is 0.131. The van der Waals surface area contributed by atoms with Gasteiger partial charge in [-0.3, -0.25) is 4.79 Å². The highest BCUT2D eigenvalue weighted by Crippen LogP contribution is 2.30. The molecule has 112 valence electrons. The predicted octanol–water partition coefficient (Wildman–Crippen LogP) is 1.67. The van der Waals surface area contributed by atoms with E-state index in [1.807, 2.05) is 0 Å². The second-order valence-corrected chi connectivity index (χ2v) is 5.66. The third-order valence-corrected chi connectivity index (χ3v) is 3.99. The summed E-state index contributed by atoms with van der Waals surface area (Å²) >= 11 is 13.2. The predicted molar refractivity (Wildman–Crippen MR) is 82.7 cm³/mol. The number of carbonyl (C=O) groups excluding carboxylic acids is 1. The average Bonchev–Trinajstić information content (AvgIpc) is 2.89. The fraction of sp³-hybridized carbons (Fsp3) is 0.273. The number of rotatable bonds is 6. The zero-order valence-corrected chi connectivity index (χ0v) is 13.1. The summed E-state index contributed by atoms with van der Waals surface area (Å²) in [4.78, 5) is 11.9. The Hall–Kier alpha value is -1.35. The molecule has 10 heteroatoms. The number of carbonyl (C=O) groups is 1. The molecule has 0 saturated carbocycles. The van der Waals surface area contributed by atoms with Crippen LogP contribution in [0.15, 0.2) is 23.4 Å². The number of hydrogen-bond acceptors (Lipinski definition) is 6. The van der Waals surface area contributed by atoms with Crippen LogP contribution in [0, 0.1) is 0 Å². The lowest BCUT2D eigenvalue weighted by molar-refractivity contribution is -0.113. The van der Waals surface area contributed by atoms with E-state index in [2.05, 4.69) is 20.8 Å². The molecule has 1 aromatic heterocycles. The van der Waals surface area contributed by atoms with E-state index in [0.29, 0.717) is 34.0 Å². The third kappa shape index (κ3) is 4.31. The van der Waals surface area contributed by atoms with Crippen molar-refractivity contribution in [3.8, 4) is 0 Å². The summed E-state index contributed by atoms with van der Waals surface area (Å²) in [6.45, 7) is 0.910. The number of halogens is 2. The van der Waals surface area contributed by atoms with Crippen molar-refractivity contribution in [1.29, 1.82) is 0 Å². The number of aromatic nitrogens is 4.